The summed E-state index contributed by atoms with van der Waals surface area (Å²) in [5.74, 6) is 0.932. The highest BCUT2D eigenvalue weighted by Gasteiger charge is 2.49. The molecular formula is C18H27N5O3. The molecule has 1 aromatic heterocycles. The maximum Gasteiger partial charge on any atom is 0.291 e. The molecule has 1 aromatic rings. The molecule has 0 bridgehead atoms. The van der Waals surface area contributed by atoms with Gasteiger partial charge in [-0.1, -0.05) is 6.92 Å². The van der Waals surface area contributed by atoms with Crippen molar-refractivity contribution in [1.29, 1.82) is 0 Å². The van der Waals surface area contributed by atoms with Crippen LogP contribution in [0.15, 0.2) is 6.33 Å². The fourth-order valence-corrected chi connectivity index (χ4v) is 4.73. The first-order valence-corrected chi connectivity index (χ1v) is 9.60. The molecule has 2 atom stereocenters. The van der Waals surface area contributed by atoms with E-state index in [9.17, 15) is 9.59 Å². The van der Waals surface area contributed by atoms with Gasteiger partial charge in [-0.2, -0.15) is 5.10 Å². The molecule has 3 fully saturated rings. The van der Waals surface area contributed by atoms with Gasteiger partial charge < -0.3 is 14.5 Å². The highest BCUT2D eigenvalue weighted by Crippen LogP contribution is 2.46. The molecule has 0 saturated carbocycles. The van der Waals surface area contributed by atoms with E-state index in [1.807, 2.05) is 9.80 Å². The van der Waals surface area contributed by atoms with Gasteiger partial charge in [-0.05, 0) is 37.0 Å². The third-order valence-corrected chi connectivity index (χ3v) is 6.47. The van der Waals surface area contributed by atoms with E-state index in [2.05, 4.69) is 22.1 Å². The van der Waals surface area contributed by atoms with E-state index in [1.54, 1.807) is 0 Å². The van der Waals surface area contributed by atoms with Crippen LogP contribution in [0.1, 0.15) is 43.2 Å². The van der Waals surface area contributed by atoms with E-state index in [-0.39, 0.29) is 29.0 Å². The number of amides is 2. The zero-order chi connectivity index (χ0) is 18.1. The van der Waals surface area contributed by atoms with Crippen molar-refractivity contribution in [2.45, 2.75) is 32.6 Å². The number of carbonyl (C=O) groups excluding carboxylic acids is 2. The molecule has 0 unspecified atom stereocenters. The molecule has 8 nitrogen and oxygen atoms in total. The zero-order valence-electron chi connectivity index (χ0n) is 15.3. The molecule has 2 amide bonds. The van der Waals surface area contributed by atoms with Crippen molar-refractivity contribution in [2.24, 2.45) is 17.3 Å². The number of nitrogens with zero attached hydrogens (tertiary/aromatic N) is 4. The number of rotatable bonds is 2. The van der Waals surface area contributed by atoms with Crippen molar-refractivity contribution in [3.8, 4) is 0 Å². The zero-order valence-corrected chi connectivity index (χ0v) is 15.3. The van der Waals surface area contributed by atoms with E-state index in [1.165, 1.54) is 6.33 Å². The number of piperidine rings is 1. The first-order chi connectivity index (χ1) is 12.6. The molecule has 142 valence electrons. The summed E-state index contributed by atoms with van der Waals surface area (Å²) in [7, 11) is 0. The summed E-state index contributed by atoms with van der Waals surface area (Å²) in [6, 6.07) is 0. The molecule has 4 rings (SSSR count). The SMILES string of the molecule is C[C@H]1CCN(C(=O)[C@@H]2COCCC23CCN(C(=O)c2ncn[nH]2)CC3)C1. The lowest BCUT2D eigenvalue weighted by Crippen LogP contribution is -2.54. The summed E-state index contributed by atoms with van der Waals surface area (Å²) in [5, 5.41) is 6.40. The molecule has 0 radical (unpaired) electrons. The lowest BCUT2D eigenvalue weighted by molar-refractivity contribution is -0.152. The third kappa shape index (κ3) is 3.11. The second-order valence-electron chi connectivity index (χ2n) is 8.04. The van der Waals surface area contributed by atoms with Gasteiger partial charge in [0.15, 0.2) is 0 Å². The van der Waals surface area contributed by atoms with Crippen LogP contribution in [-0.4, -0.2) is 76.2 Å². The van der Waals surface area contributed by atoms with Crippen LogP contribution in [0.4, 0.5) is 0 Å². The van der Waals surface area contributed by atoms with E-state index in [0.29, 0.717) is 32.2 Å². The number of nitrogens with one attached hydrogen (secondary N) is 1. The van der Waals surface area contributed by atoms with E-state index >= 15 is 0 Å². The highest BCUT2D eigenvalue weighted by atomic mass is 16.5. The summed E-state index contributed by atoms with van der Waals surface area (Å²) in [5.41, 5.74) is -0.0423. The molecule has 3 aliphatic rings. The molecule has 1 N–H and O–H groups in total. The van der Waals surface area contributed by atoms with E-state index in [4.69, 9.17) is 4.74 Å². The number of hydrogen-bond acceptors (Lipinski definition) is 5. The molecule has 0 aromatic carbocycles. The minimum atomic E-state index is -0.111. The van der Waals surface area contributed by atoms with Crippen LogP contribution >= 0.6 is 0 Å². The molecular weight excluding hydrogens is 334 g/mol. The fraction of sp³-hybridized carbons (Fsp3) is 0.778. The Balaban J connectivity index is 1.45. The Kier molecular flexibility index (Phi) is 4.69. The Labute approximate surface area is 153 Å². The summed E-state index contributed by atoms with van der Waals surface area (Å²) in [6.07, 6.45) is 5.03. The van der Waals surface area contributed by atoms with Crippen LogP contribution in [-0.2, 0) is 9.53 Å². The van der Waals surface area contributed by atoms with Crippen molar-refractivity contribution < 1.29 is 14.3 Å². The second-order valence-corrected chi connectivity index (χ2v) is 8.04. The predicted octanol–water partition coefficient (Wildman–Crippen LogP) is 0.932. The standard InChI is InChI=1S/C18H27N5O3/c1-13-2-6-23(10-13)16(24)14-11-26-9-5-18(14)3-7-22(8-4-18)17(25)15-19-12-20-21-15/h12-14H,2-11H2,1H3,(H,19,20,21)/t13-,14-/m0/s1. The van der Waals surface area contributed by atoms with Crippen LogP contribution in [0.5, 0.6) is 0 Å². The van der Waals surface area contributed by atoms with Crippen LogP contribution in [0.2, 0.25) is 0 Å². The first kappa shape index (κ1) is 17.5. The van der Waals surface area contributed by atoms with Gasteiger partial charge in [-0.15, -0.1) is 0 Å². The molecule has 8 heteroatoms. The molecule has 3 saturated heterocycles. The van der Waals surface area contributed by atoms with Gasteiger partial charge in [-0.3, -0.25) is 14.7 Å². The maximum atomic E-state index is 13.2. The largest absolute Gasteiger partial charge is 0.381 e. The predicted molar refractivity (Wildman–Crippen MR) is 93.2 cm³/mol. The Morgan fingerprint density at radius 3 is 2.69 bits per heavy atom. The van der Waals surface area contributed by atoms with Gasteiger partial charge >= 0.3 is 0 Å². The van der Waals surface area contributed by atoms with Crippen LogP contribution in [0.25, 0.3) is 0 Å². The number of carbonyl (C=O) groups is 2. The van der Waals surface area contributed by atoms with Crippen molar-refractivity contribution >= 4 is 11.8 Å². The Morgan fingerprint density at radius 1 is 1.23 bits per heavy atom. The average molecular weight is 361 g/mol. The molecule has 1 spiro atoms. The van der Waals surface area contributed by atoms with Crippen molar-refractivity contribution in [1.82, 2.24) is 25.0 Å². The summed E-state index contributed by atoms with van der Waals surface area (Å²) >= 11 is 0. The van der Waals surface area contributed by atoms with E-state index < -0.39 is 0 Å². The number of aromatic amines is 1. The highest BCUT2D eigenvalue weighted by molar-refractivity contribution is 5.90. The Bertz CT molecular complexity index is 654. The van der Waals surface area contributed by atoms with Gasteiger partial charge in [0.1, 0.15) is 6.33 Å². The second kappa shape index (κ2) is 6.98. The van der Waals surface area contributed by atoms with Crippen LogP contribution < -0.4 is 0 Å². The smallest absolute Gasteiger partial charge is 0.291 e. The number of H-pyrrole nitrogens is 1. The topological polar surface area (TPSA) is 91.4 Å². The quantitative estimate of drug-likeness (QED) is 0.846. The lowest BCUT2D eigenvalue weighted by Gasteiger charge is -2.48. The number of aromatic nitrogens is 3. The number of ether oxygens (including phenoxy) is 1. The van der Waals surface area contributed by atoms with Gasteiger partial charge in [0, 0.05) is 32.8 Å². The minimum Gasteiger partial charge on any atom is -0.381 e. The third-order valence-electron chi connectivity index (χ3n) is 6.47. The van der Waals surface area contributed by atoms with Gasteiger partial charge in [-0.25, -0.2) is 4.98 Å². The van der Waals surface area contributed by atoms with Gasteiger partial charge in [0.25, 0.3) is 5.91 Å². The summed E-state index contributed by atoms with van der Waals surface area (Å²) < 4.78 is 5.70. The Hall–Kier alpha value is -1.96. The van der Waals surface area contributed by atoms with Crippen molar-refractivity contribution in [2.75, 3.05) is 39.4 Å². The van der Waals surface area contributed by atoms with Crippen molar-refractivity contribution in [3.05, 3.63) is 12.2 Å². The monoisotopic (exact) mass is 361 g/mol. The fourth-order valence-electron chi connectivity index (χ4n) is 4.73. The first-order valence-electron chi connectivity index (χ1n) is 9.60. The lowest BCUT2D eigenvalue weighted by atomic mass is 9.65. The molecule has 0 aliphatic carbocycles. The Morgan fingerprint density at radius 2 is 2.04 bits per heavy atom. The van der Waals surface area contributed by atoms with Crippen LogP contribution in [0, 0.1) is 17.3 Å². The number of likely N-dealkylation sites (tertiary alicyclic amines) is 2. The van der Waals surface area contributed by atoms with E-state index in [0.717, 1.165) is 38.8 Å². The van der Waals surface area contributed by atoms with Gasteiger partial charge in [0.2, 0.25) is 11.7 Å². The molecule has 4 heterocycles. The average Bonchev–Trinajstić information content (AvgIpc) is 3.33. The van der Waals surface area contributed by atoms with Crippen molar-refractivity contribution in [3.63, 3.8) is 0 Å². The minimum absolute atomic E-state index is 0.0423. The molecule has 3 aliphatic heterocycles. The van der Waals surface area contributed by atoms with Gasteiger partial charge in [0.05, 0.1) is 12.5 Å². The van der Waals surface area contributed by atoms with Crippen LogP contribution in [0.3, 0.4) is 0 Å². The molecule has 26 heavy (non-hydrogen) atoms. The summed E-state index contributed by atoms with van der Waals surface area (Å²) in [4.78, 5) is 33.5. The maximum absolute atomic E-state index is 13.2. The summed E-state index contributed by atoms with van der Waals surface area (Å²) in [6.45, 7) is 6.45. The normalized spacial score (nSPS) is 28.5. The number of hydrogen-bond donors (Lipinski definition) is 1.